The summed E-state index contributed by atoms with van der Waals surface area (Å²) in [5.74, 6) is 0.0699. The van der Waals surface area contributed by atoms with E-state index in [-0.39, 0.29) is 5.92 Å². The molecule has 2 aliphatic rings. The molecule has 2 aliphatic carbocycles. The van der Waals surface area contributed by atoms with Crippen molar-refractivity contribution in [2.45, 2.75) is 24.2 Å². The van der Waals surface area contributed by atoms with Gasteiger partial charge in [-0.15, -0.1) is 0 Å². The van der Waals surface area contributed by atoms with E-state index in [0.717, 1.165) is 57.6 Å². The molecule has 0 aliphatic heterocycles. The molecule has 0 N–H and O–H groups in total. The summed E-state index contributed by atoms with van der Waals surface area (Å²) >= 11 is 0. The molecule has 1 atom stereocenters. The lowest BCUT2D eigenvalue weighted by atomic mass is 9.67. The van der Waals surface area contributed by atoms with Crippen molar-refractivity contribution in [2.75, 3.05) is 4.90 Å². The van der Waals surface area contributed by atoms with Crippen LogP contribution >= 0.6 is 0 Å². The Balaban J connectivity index is 0.927. The first kappa shape index (κ1) is 44.0. The Morgan fingerprint density at radius 3 is 1.76 bits per heavy atom. The Morgan fingerprint density at radius 1 is 0.382 bits per heavy atom. The maximum atomic E-state index is 7.34. The number of benzene rings is 12. The molecule has 0 bridgehead atoms. The maximum absolute atomic E-state index is 7.34. The second kappa shape index (κ2) is 17.9. The topological polar surface area (TPSA) is 16.4 Å². The van der Waals surface area contributed by atoms with Crippen molar-refractivity contribution in [1.29, 1.82) is 0 Å². The fourth-order valence-electron chi connectivity index (χ4n) is 13.3. The van der Waals surface area contributed by atoms with Crippen LogP contribution < -0.4 is 4.90 Å². The molecule has 2 nitrogen and oxygen atoms in total. The molecule has 76 heavy (non-hydrogen) atoms. The first-order chi connectivity index (χ1) is 37.7. The highest BCUT2D eigenvalue weighted by molar-refractivity contribution is 6.19. The highest BCUT2D eigenvalue weighted by Gasteiger charge is 2.46. The van der Waals surface area contributed by atoms with Crippen LogP contribution in [0.25, 0.3) is 77.2 Å². The van der Waals surface area contributed by atoms with E-state index in [9.17, 15) is 0 Å². The summed E-state index contributed by atoms with van der Waals surface area (Å²) in [7, 11) is 0. The number of hydrogen-bond acceptors (Lipinski definition) is 2. The van der Waals surface area contributed by atoms with Gasteiger partial charge in [-0.2, -0.15) is 0 Å². The van der Waals surface area contributed by atoms with E-state index in [1.54, 1.807) is 0 Å². The SMILES string of the molecule is c1ccc(-c2ccc(N(c3ccccc3)c3ccc4c(c3)C(c3cccc5oc6c(-c7ccc8c(c7)-c7ccccc7C8(c7ccccc7)c7ccccc7)c7ccccc7cc6c35)CCc3ccccc3-4)cc2)cc1. The van der Waals surface area contributed by atoms with Gasteiger partial charge in [0.15, 0.2) is 0 Å². The van der Waals surface area contributed by atoms with Crippen LogP contribution in [0.4, 0.5) is 17.1 Å². The van der Waals surface area contributed by atoms with E-state index >= 15 is 0 Å². The van der Waals surface area contributed by atoms with Gasteiger partial charge in [0.2, 0.25) is 0 Å². The number of hydrogen-bond donors (Lipinski definition) is 0. The van der Waals surface area contributed by atoms with E-state index in [2.05, 4.69) is 284 Å². The van der Waals surface area contributed by atoms with Crippen molar-refractivity contribution in [3.05, 3.63) is 318 Å². The zero-order valence-electron chi connectivity index (χ0n) is 41.9. The van der Waals surface area contributed by atoms with E-state index in [4.69, 9.17) is 4.42 Å². The number of nitrogens with zero attached hydrogens (tertiary/aromatic N) is 1. The summed E-state index contributed by atoms with van der Waals surface area (Å²) in [6.07, 6.45) is 1.91. The highest BCUT2D eigenvalue weighted by Crippen LogP contribution is 2.57. The highest BCUT2D eigenvalue weighted by atomic mass is 16.3. The van der Waals surface area contributed by atoms with Crippen LogP contribution in [0, 0.1) is 0 Å². The first-order valence-corrected chi connectivity index (χ1v) is 26.7. The van der Waals surface area contributed by atoms with Gasteiger partial charge in [0.05, 0.1) is 5.41 Å². The minimum absolute atomic E-state index is 0.0699. The zero-order valence-corrected chi connectivity index (χ0v) is 41.9. The molecule has 2 heteroatoms. The molecule has 12 aromatic carbocycles. The summed E-state index contributed by atoms with van der Waals surface area (Å²) in [6, 6.07) is 103. The number of anilines is 3. The Kier molecular flexibility index (Phi) is 10.3. The minimum Gasteiger partial charge on any atom is -0.455 e. The Bertz CT molecular complexity index is 4290. The van der Waals surface area contributed by atoms with Crippen molar-refractivity contribution in [2.24, 2.45) is 0 Å². The predicted molar refractivity (Wildman–Crippen MR) is 316 cm³/mol. The van der Waals surface area contributed by atoms with Crippen LogP contribution in [-0.4, -0.2) is 0 Å². The second-order valence-electron chi connectivity index (χ2n) is 20.6. The van der Waals surface area contributed by atoms with Gasteiger partial charge in [0, 0.05) is 39.3 Å². The maximum Gasteiger partial charge on any atom is 0.143 e. The van der Waals surface area contributed by atoms with Crippen molar-refractivity contribution >= 4 is 49.8 Å². The lowest BCUT2D eigenvalue weighted by Gasteiger charge is -2.33. The molecule has 13 aromatic rings. The fourth-order valence-corrected chi connectivity index (χ4v) is 13.3. The molecule has 358 valence electrons. The largest absolute Gasteiger partial charge is 0.455 e. The third-order valence-corrected chi connectivity index (χ3v) is 16.6. The minimum atomic E-state index is -0.477. The summed E-state index contributed by atoms with van der Waals surface area (Å²) in [5.41, 5.74) is 23.6. The van der Waals surface area contributed by atoms with Gasteiger partial charge in [-0.3, -0.25) is 0 Å². The average Bonchev–Trinajstić information content (AvgIpc) is 3.97. The molecule has 15 rings (SSSR count). The van der Waals surface area contributed by atoms with Crippen LogP contribution in [0.2, 0.25) is 0 Å². The van der Waals surface area contributed by atoms with Crippen molar-refractivity contribution in [3.63, 3.8) is 0 Å². The average molecular weight is 970 g/mol. The van der Waals surface area contributed by atoms with Gasteiger partial charge in [0.1, 0.15) is 11.2 Å². The van der Waals surface area contributed by atoms with Crippen molar-refractivity contribution < 1.29 is 4.42 Å². The Hall–Kier alpha value is -9.50. The van der Waals surface area contributed by atoms with Crippen molar-refractivity contribution in [3.8, 4) is 44.5 Å². The van der Waals surface area contributed by atoms with Crippen LogP contribution in [0.3, 0.4) is 0 Å². The fraction of sp³-hybridized carbons (Fsp3) is 0.0541. The quantitative estimate of drug-likeness (QED) is 0.151. The zero-order chi connectivity index (χ0) is 50.2. The van der Waals surface area contributed by atoms with E-state index < -0.39 is 5.41 Å². The molecule has 0 radical (unpaired) electrons. The predicted octanol–water partition coefficient (Wildman–Crippen LogP) is 19.7. The molecule has 0 fully saturated rings. The Labute approximate surface area is 443 Å². The van der Waals surface area contributed by atoms with Crippen LogP contribution in [-0.2, 0) is 11.8 Å². The molecule has 0 amide bonds. The molecular weight excluding hydrogens is 919 g/mol. The molecular formula is C74H51NO. The molecule has 0 saturated heterocycles. The molecule has 0 spiro atoms. The Morgan fingerprint density at radius 2 is 0.987 bits per heavy atom. The monoisotopic (exact) mass is 969 g/mol. The molecule has 1 heterocycles. The summed E-state index contributed by atoms with van der Waals surface area (Å²) < 4.78 is 7.34. The summed E-state index contributed by atoms with van der Waals surface area (Å²) in [4.78, 5) is 2.41. The normalized spacial score (nSPS) is 14.2. The van der Waals surface area contributed by atoms with Gasteiger partial charge >= 0.3 is 0 Å². The lowest BCUT2D eigenvalue weighted by Crippen LogP contribution is -2.28. The van der Waals surface area contributed by atoms with Crippen molar-refractivity contribution in [1.82, 2.24) is 0 Å². The number of fused-ring (bicyclic) bond motifs is 10. The number of furan rings is 1. The van der Waals surface area contributed by atoms with Crippen LogP contribution in [0.15, 0.2) is 283 Å². The second-order valence-corrected chi connectivity index (χ2v) is 20.6. The van der Waals surface area contributed by atoms with E-state index in [1.807, 2.05) is 0 Å². The smallest absolute Gasteiger partial charge is 0.143 e. The van der Waals surface area contributed by atoms with Gasteiger partial charge in [-0.25, -0.2) is 0 Å². The third-order valence-electron chi connectivity index (χ3n) is 16.6. The standard InChI is InChI=1S/C74H51NO/c1-5-20-49(21-6-1)50-36-40-57(41-37-50)75(56-28-11-4-12-29-56)58-42-44-61-59-30-15-13-22-51(59)38-43-62(65(61)48-58)64-33-19-35-70-72(64)67-46-52-23-14-16-31-60(52)71(73(67)76-70)53-39-45-69-66(47-53)63-32-17-18-34-68(63)74(69,54-24-7-2-8-25-54)55-26-9-3-10-27-55/h1-37,39-42,44-48,62H,38,43H2. The lowest BCUT2D eigenvalue weighted by molar-refractivity contribution is 0.669. The third kappa shape index (κ3) is 6.87. The van der Waals surface area contributed by atoms with Gasteiger partial charge in [-0.05, 0) is 156 Å². The van der Waals surface area contributed by atoms with E-state index in [0.29, 0.717) is 0 Å². The van der Waals surface area contributed by atoms with Crippen LogP contribution in [0.1, 0.15) is 51.3 Å². The van der Waals surface area contributed by atoms with Gasteiger partial charge in [-0.1, -0.05) is 224 Å². The molecule has 0 saturated carbocycles. The number of para-hydroxylation sites is 1. The number of rotatable bonds is 8. The summed E-state index contributed by atoms with van der Waals surface area (Å²) in [5, 5.41) is 4.70. The van der Waals surface area contributed by atoms with Gasteiger partial charge < -0.3 is 9.32 Å². The number of aryl methyl sites for hydroxylation is 1. The van der Waals surface area contributed by atoms with Crippen LogP contribution in [0.5, 0.6) is 0 Å². The summed E-state index contributed by atoms with van der Waals surface area (Å²) in [6.45, 7) is 0. The molecule has 1 aromatic heterocycles. The van der Waals surface area contributed by atoms with Gasteiger partial charge in [0.25, 0.3) is 0 Å². The first-order valence-electron chi connectivity index (χ1n) is 26.7. The molecule has 1 unspecified atom stereocenters. The van der Waals surface area contributed by atoms with E-state index in [1.165, 1.54) is 88.5 Å².